The molecule has 0 atom stereocenters. The first kappa shape index (κ1) is 30.9. The molecule has 10 aromatic carbocycles. The summed E-state index contributed by atoms with van der Waals surface area (Å²) in [6, 6.07) is 67.4. The Kier molecular flexibility index (Phi) is 6.63. The minimum Gasteiger partial charge on any atom is -0.208 e. The first-order valence-corrected chi connectivity index (χ1v) is 19.1. The van der Waals surface area contributed by atoms with Crippen LogP contribution in [0.1, 0.15) is 0 Å². The van der Waals surface area contributed by atoms with Gasteiger partial charge in [0.1, 0.15) is 0 Å². The molecule has 11 aromatic rings. The molecule has 3 nitrogen and oxygen atoms in total. The highest BCUT2D eigenvalue weighted by molar-refractivity contribution is 6.33. The van der Waals surface area contributed by atoms with E-state index in [9.17, 15) is 0 Å². The van der Waals surface area contributed by atoms with Crippen molar-refractivity contribution in [3.8, 4) is 67.5 Å². The van der Waals surface area contributed by atoms with Gasteiger partial charge < -0.3 is 0 Å². The van der Waals surface area contributed by atoms with Gasteiger partial charge in [0.2, 0.25) is 0 Å². The molecule has 0 saturated carbocycles. The third-order valence-corrected chi connectivity index (χ3v) is 11.7. The standard InChI is InChI=1S/C53H31N3/c1-2-13-33(14-3-1)51-54-52(34-27-25-32(26-28-34)35-29-30-46-39-18-6-5-17-38(39)45-24-12-23-42(35)49(45)46)56-53(55-51)48-31-47-40-19-7-4-15-36(40)37-16-8-10-21-43(37)50(47)44-22-11-9-20-41(44)48/h1-31H. The quantitative estimate of drug-likeness (QED) is 0.171. The number of fused-ring (bicyclic) bond motifs is 11. The zero-order valence-electron chi connectivity index (χ0n) is 30.2. The van der Waals surface area contributed by atoms with Gasteiger partial charge in [0, 0.05) is 16.7 Å². The Morgan fingerprint density at radius 2 is 0.661 bits per heavy atom. The Morgan fingerprint density at radius 1 is 0.214 bits per heavy atom. The number of hydrogen-bond donors (Lipinski definition) is 0. The molecule has 0 N–H and O–H groups in total. The first-order valence-electron chi connectivity index (χ1n) is 19.1. The van der Waals surface area contributed by atoms with Crippen molar-refractivity contribution >= 4 is 53.9 Å². The van der Waals surface area contributed by atoms with Crippen molar-refractivity contribution in [3.63, 3.8) is 0 Å². The summed E-state index contributed by atoms with van der Waals surface area (Å²) >= 11 is 0. The molecule has 0 spiro atoms. The molecule has 0 saturated heterocycles. The lowest BCUT2D eigenvalue weighted by Gasteiger charge is -2.16. The zero-order valence-corrected chi connectivity index (χ0v) is 30.2. The maximum Gasteiger partial charge on any atom is 0.164 e. The van der Waals surface area contributed by atoms with Crippen molar-refractivity contribution < 1.29 is 0 Å². The second kappa shape index (κ2) is 12.0. The highest BCUT2D eigenvalue weighted by Crippen LogP contribution is 2.49. The van der Waals surface area contributed by atoms with Crippen LogP contribution in [0.15, 0.2) is 188 Å². The van der Waals surface area contributed by atoms with E-state index in [4.69, 9.17) is 15.0 Å². The van der Waals surface area contributed by atoms with E-state index in [1.807, 2.05) is 18.2 Å². The molecule has 0 unspecified atom stereocenters. The van der Waals surface area contributed by atoms with E-state index in [0.29, 0.717) is 17.5 Å². The smallest absolute Gasteiger partial charge is 0.164 e. The number of benzene rings is 10. The summed E-state index contributed by atoms with van der Waals surface area (Å²) in [5.74, 6) is 1.94. The first-order chi connectivity index (χ1) is 27.8. The molecule has 0 radical (unpaired) electrons. The third kappa shape index (κ3) is 4.55. The maximum absolute atomic E-state index is 5.28. The Hall–Kier alpha value is -7.49. The summed E-state index contributed by atoms with van der Waals surface area (Å²) in [7, 11) is 0. The van der Waals surface area contributed by atoms with Gasteiger partial charge in [0.15, 0.2) is 17.5 Å². The molecule has 12 rings (SSSR count). The van der Waals surface area contributed by atoms with Crippen molar-refractivity contribution in [2.75, 3.05) is 0 Å². The van der Waals surface area contributed by atoms with Gasteiger partial charge in [-0.15, -0.1) is 0 Å². The Balaban J connectivity index is 1.05. The summed E-state index contributed by atoms with van der Waals surface area (Å²) in [5.41, 5.74) is 10.5. The fraction of sp³-hybridized carbons (Fsp3) is 0. The van der Waals surface area contributed by atoms with Gasteiger partial charge in [-0.2, -0.15) is 0 Å². The molecule has 1 aliphatic rings. The number of nitrogens with zero attached hydrogens (tertiary/aromatic N) is 3. The highest BCUT2D eigenvalue weighted by atomic mass is 15.0. The SMILES string of the molecule is c1ccc(-c2nc(-c3ccc(-c4ccc5c6c(cccc46)-c4ccccc4-5)cc3)nc(-c3cc4c5ccccc5c5ccccc5c4c4ccccc34)n2)cc1. The van der Waals surface area contributed by atoms with E-state index in [0.717, 1.165) is 27.6 Å². The summed E-state index contributed by atoms with van der Waals surface area (Å²) in [4.78, 5) is 15.6. The molecule has 1 aliphatic carbocycles. The lowest BCUT2D eigenvalue weighted by molar-refractivity contribution is 1.08. The van der Waals surface area contributed by atoms with Crippen LogP contribution in [0.2, 0.25) is 0 Å². The van der Waals surface area contributed by atoms with Gasteiger partial charge in [0.25, 0.3) is 0 Å². The van der Waals surface area contributed by atoms with Gasteiger partial charge in [0.05, 0.1) is 0 Å². The maximum atomic E-state index is 5.28. The molecule has 1 heterocycles. The van der Waals surface area contributed by atoms with Crippen molar-refractivity contribution in [2.24, 2.45) is 0 Å². The van der Waals surface area contributed by atoms with Gasteiger partial charge in [-0.25, -0.2) is 15.0 Å². The fourth-order valence-corrected chi connectivity index (χ4v) is 9.15. The van der Waals surface area contributed by atoms with Crippen LogP contribution in [-0.2, 0) is 0 Å². The van der Waals surface area contributed by atoms with Crippen LogP contribution in [0.3, 0.4) is 0 Å². The Labute approximate surface area is 323 Å². The van der Waals surface area contributed by atoms with Crippen molar-refractivity contribution in [1.29, 1.82) is 0 Å². The lowest BCUT2D eigenvalue weighted by atomic mass is 9.89. The summed E-state index contributed by atoms with van der Waals surface area (Å²) < 4.78 is 0. The average Bonchev–Trinajstić information content (AvgIpc) is 3.61. The summed E-state index contributed by atoms with van der Waals surface area (Å²) in [5, 5.41) is 12.3. The molecule has 0 fully saturated rings. The largest absolute Gasteiger partial charge is 0.208 e. The minimum atomic E-state index is 0.642. The Bertz CT molecular complexity index is 3370. The van der Waals surface area contributed by atoms with Crippen LogP contribution < -0.4 is 0 Å². The highest BCUT2D eigenvalue weighted by Gasteiger charge is 2.23. The molecule has 56 heavy (non-hydrogen) atoms. The summed E-state index contributed by atoms with van der Waals surface area (Å²) in [6.07, 6.45) is 0. The van der Waals surface area contributed by atoms with Gasteiger partial charge >= 0.3 is 0 Å². The molecule has 0 aliphatic heterocycles. The van der Waals surface area contributed by atoms with Crippen LogP contribution >= 0.6 is 0 Å². The zero-order chi connectivity index (χ0) is 36.7. The minimum absolute atomic E-state index is 0.642. The summed E-state index contributed by atoms with van der Waals surface area (Å²) in [6.45, 7) is 0. The van der Waals surface area contributed by atoms with Crippen LogP contribution in [0.25, 0.3) is 121 Å². The van der Waals surface area contributed by atoms with Crippen molar-refractivity contribution in [1.82, 2.24) is 15.0 Å². The van der Waals surface area contributed by atoms with Crippen LogP contribution in [-0.4, -0.2) is 15.0 Å². The second-order valence-corrected chi connectivity index (χ2v) is 14.7. The normalized spacial score (nSPS) is 11.9. The van der Waals surface area contributed by atoms with E-state index >= 15 is 0 Å². The second-order valence-electron chi connectivity index (χ2n) is 14.7. The third-order valence-electron chi connectivity index (χ3n) is 11.7. The van der Waals surface area contributed by atoms with E-state index in [2.05, 4.69) is 170 Å². The Morgan fingerprint density at radius 3 is 1.36 bits per heavy atom. The number of rotatable bonds is 4. The van der Waals surface area contributed by atoms with Gasteiger partial charge in [-0.1, -0.05) is 182 Å². The van der Waals surface area contributed by atoms with Gasteiger partial charge in [-0.3, -0.25) is 0 Å². The molecule has 1 aromatic heterocycles. The molecule has 0 amide bonds. The van der Waals surface area contributed by atoms with Gasteiger partial charge in [-0.05, 0) is 93.3 Å². The van der Waals surface area contributed by atoms with Crippen LogP contribution in [0.5, 0.6) is 0 Å². The van der Waals surface area contributed by atoms with Crippen LogP contribution in [0.4, 0.5) is 0 Å². The number of hydrogen-bond acceptors (Lipinski definition) is 3. The average molecular weight is 710 g/mol. The number of aromatic nitrogens is 3. The van der Waals surface area contributed by atoms with Crippen molar-refractivity contribution in [3.05, 3.63) is 188 Å². The molecular weight excluding hydrogens is 679 g/mol. The molecular formula is C53H31N3. The van der Waals surface area contributed by atoms with E-state index < -0.39 is 0 Å². The molecule has 258 valence electrons. The van der Waals surface area contributed by atoms with E-state index in [1.165, 1.54) is 76.3 Å². The molecule has 0 bridgehead atoms. The molecule has 3 heteroatoms. The van der Waals surface area contributed by atoms with E-state index in [-0.39, 0.29) is 0 Å². The predicted octanol–water partition coefficient (Wildman–Crippen LogP) is 14.0. The van der Waals surface area contributed by atoms with Crippen LogP contribution in [0, 0.1) is 0 Å². The predicted molar refractivity (Wildman–Crippen MR) is 234 cm³/mol. The van der Waals surface area contributed by atoms with Crippen molar-refractivity contribution in [2.45, 2.75) is 0 Å². The lowest BCUT2D eigenvalue weighted by Crippen LogP contribution is -2.01. The monoisotopic (exact) mass is 709 g/mol. The topological polar surface area (TPSA) is 38.7 Å². The fourth-order valence-electron chi connectivity index (χ4n) is 9.15. The van der Waals surface area contributed by atoms with E-state index in [1.54, 1.807) is 0 Å².